The van der Waals surface area contributed by atoms with Crippen molar-refractivity contribution in [1.29, 1.82) is 0 Å². The van der Waals surface area contributed by atoms with Crippen molar-refractivity contribution in [2.45, 2.75) is 6.92 Å². The molecule has 1 heterocycles. The average molecular weight is 352 g/mol. The number of rotatable bonds is 3. The number of nitrogens with two attached hydrogens (primary N) is 1. The van der Waals surface area contributed by atoms with E-state index in [2.05, 4.69) is 26.2 Å². The second kappa shape index (κ2) is 6.01. The number of hydrogen-bond donors (Lipinski definition) is 2. The average Bonchev–Trinajstić information content (AvgIpc) is 2.43. The summed E-state index contributed by atoms with van der Waals surface area (Å²) in [6.07, 6.45) is 1.52. The van der Waals surface area contributed by atoms with Crippen LogP contribution < -0.4 is 11.1 Å². The fourth-order valence-corrected chi connectivity index (χ4v) is 2.10. The van der Waals surface area contributed by atoms with Crippen molar-refractivity contribution in [1.82, 2.24) is 4.98 Å². The van der Waals surface area contributed by atoms with E-state index in [4.69, 9.17) is 5.73 Å². The Balaban J connectivity index is 2.29. The maximum atomic E-state index is 13.4. The zero-order valence-electron chi connectivity index (χ0n) is 11.0. The number of nitrogens with zero attached hydrogens (tertiary/aromatic N) is 1. The largest absolute Gasteiger partial charge is 0.366 e. The maximum absolute atomic E-state index is 13.4. The number of benzene rings is 1. The fraction of sp³-hybridized carbons (Fsp3) is 0.0714. The van der Waals surface area contributed by atoms with Crippen LogP contribution in [-0.4, -0.2) is 16.8 Å². The van der Waals surface area contributed by atoms with Crippen LogP contribution in [0.25, 0.3) is 0 Å². The van der Waals surface area contributed by atoms with Crippen molar-refractivity contribution >= 4 is 33.4 Å². The van der Waals surface area contributed by atoms with Gasteiger partial charge in [0.2, 0.25) is 0 Å². The quantitative estimate of drug-likeness (QED) is 0.891. The van der Waals surface area contributed by atoms with Crippen LogP contribution in [-0.2, 0) is 0 Å². The number of pyridine rings is 1. The number of carbonyl (C=O) groups excluding carboxylic acids is 2. The fourth-order valence-electron chi connectivity index (χ4n) is 1.71. The summed E-state index contributed by atoms with van der Waals surface area (Å²) in [4.78, 5) is 27.3. The summed E-state index contributed by atoms with van der Waals surface area (Å²) in [7, 11) is 0. The van der Waals surface area contributed by atoms with Crippen LogP contribution in [0.5, 0.6) is 0 Å². The molecule has 0 bridgehead atoms. The molecule has 2 aromatic rings. The van der Waals surface area contributed by atoms with E-state index in [1.54, 1.807) is 13.0 Å². The molecule has 3 N–H and O–H groups in total. The second-order valence-corrected chi connectivity index (χ2v) is 5.17. The van der Waals surface area contributed by atoms with Crippen LogP contribution in [0.4, 0.5) is 10.1 Å². The zero-order chi connectivity index (χ0) is 15.6. The van der Waals surface area contributed by atoms with E-state index < -0.39 is 17.6 Å². The zero-order valence-corrected chi connectivity index (χ0v) is 12.6. The number of amides is 2. The molecule has 0 unspecified atom stereocenters. The number of nitrogens with one attached hydrogen (secondary N) is 1. The Morgan fingerprint density at radius 3 is 2.67 bits per heavy atom. The Morgan fingerprint density at radius 1 is 1.29 bits per heavy atom. The van der Waals surface area contributed by atoms with Crippen LogP contribution in [0.3, 0.4) is 0 Å². The molecular formula is C14H11BrFN3O2. The van der Waals surface area contributed by atoms with Crippen LogP contribution in [0.15, 0.2) is 34.9 Å². The number of carbonyl (C=O) groups is 2. The van der Waals surface area contributed by atoms with Gasteiger partial charge < -0.3 is 11.1 Å². The summed E-state index contributed by atoms with van der Waals surface area (Å²) in [6.45, 7) is 1.76. The highest BCUT2D eigenvalue weighted by molar-refractivity contribution is 9.10. The van der Waals surface area contributed by atoms with Crippen molar-refractivity contribution in [3.8, 4) is 0 Å². The lowest BCUT2D eigenvalue weighted by Crippen LogP contribution is -2.16. The molecule has 0 spiro atoms. The summed E-state index contributed by atoms with van der Waals surface area (Å²) >= 11 is 3.24. The number of halogens is 2. The molecule has 5 nitrogen and oxygen atoms in total. The highest BCUT2D eigenvalue weighted by atomic mass is 79.9. The first kappa shape index (κ1) is 15.1. The van der Waals surface area contributed by atoms with Crippen molar-refractivity contribution in [3.63, 3.8) is 0 Å². The molecule has 1 aromatic heterocycles. The minimum Gasteiger partial charge on any atom is -0.366 e. The molecule has 7 heteroatoms. The van der Waals surface area contributed by atoms with Gasteiger partial charge in [0, 0.05) is 22.1 Å². The van der Waals surface area contributed by atoms with E-state index in [1.165, 1.54) is 18.3 Å². The third-order valence-electron chi connectivity index (χ3n) is 2.73. The monoisotopic (exact) mass is 351 g/mol. The number of hydrogen-bond acceptors (Lipinski definition) is 3. The third kappa shape index (κ3) is 3.43. The molecule has 0 aliphatic carbocycles. The van der Waals surface area contributed by atoms with Gasteiger partial charge in [-0.15, -0.1) is 0 Å². The smallest absolute Gasteiger partial charge is 0.256 e. The van der Waals surface area contributed by atoms with Crippen molar-refractivity contribution in [2.75, 3.05) is 5.32 Å². The van der Waals surface area contributed by atoms with Gasteiger partial charge in [-0.25, -0.2) is 4.39 Å². The van der Waals surface area contributed by atoms with Crippen LogP contribution in [0.1, 0.15) is 26.4 Å². The van der Waals surface area contributed by atoms with E-state index in [-0.39, 0.29) is 11.3 Å². The molecule has 0 fully saturated rings. The van der Waals surface area contributed by atoms with Gasteiger partial charge in [0.05, 0.1) is 11.1 Å². The van der Waals surface area contributed by atoms with Crippen LogP contribution in [0.2, 0.25) is 0 Å². The normalized spacial score (nSPS) is 10.2. The van der Waals surface area contributed by atoms with E-state index in [0.717, 1.165) is 6.07 Å². The molecule has 1 aromatic carbocycles. The molecule has 0 radical (unpaired) electrons. The number of aryl methyl sites for hydroxylation is 1. The Hall–Kier alpha value is -2.28. The van der Waals surface area contributed by atoms with Crippen LogP contribution in [0, 0.1) is 12.7 Å². The second-order valence-electron chi connectivity index (χ2n) is 4.32. The van der Waals surface area contributed by atoms with E-state index in [0.29, 0.717) is 15.7 Å². The van der Waals surface area contributed by atoms with Crippen molar-refractivity contribution in [3.05, 3.63) is 57.6 Å². The minimum atomic E-state index is -0.899. The van der Waals surface area contributed by atoms with Gasteiger partial charge in [0.25, 0.3) is 11.8 Å². The third-order valence-corrected chi connectivity index (χ3v) is 3.36. The van der Waals surface area contributed by atoms with Gasteiger partial charge in [-0.1, -0.05) is 0 Å². The molecule has 108 valence electrons. The van der Waals surface area contributed by atoms with Gasteiger partial charge >= 0.3 is 0 Å². The maximum Gasteiger partial charge on any atom is 0.256 e. The number of anilines is 1. The molecule has 21 heavy (non-hydrogen) atoms. The molecule has 0 saturated heterocycles. The Bertz CT molecular complexity index is 734. The lowest BCUT2D eigenvalue weighted by atomic mass is 10.1. The SMILES string of the molecule is Cc1cc(C(=O)Nc2ccc(F)c(C(N)=O)c2)c(Br)cn1. The highest BCUT2D eigenvalue weighted by Gasteiger charge is 2.14. The van der Waals surface area contributed by atoms with Gasteiger partial charge in [-0.3, -0.25) is 14.6 Å². The van der Waals surface area contributed by atoms with Gasteiger partial charge in [0.1, 0.15) is 5.82 Å². The van der Waals surface area contributed by atoms with Crippen molar-refractivity contribution in [2.24, 2.45) is 5.73 Å². The molecule has 2 amide bonds. The van der Waals surface area contributed by atoms with Gasteiger partial charge in [0.15, 0.2) is 0 Å². The highest BCUT2D eigenvalue weighted by Crippen LogP contribution is 2.19. The summed E-state index contributed by atoms with van der Waals surface area (Å²) in [5, 5.41) is 2.58. The Morgan fingerprint density at radius 2 is 2.00 bits per heavy atom. The minimum absolute atomic E-state index is 0.275. The van der Waals surface area contributed by atoms with Crippen molar-refractivity contribution < 1.29 is 14.0 Å². The van der Waals surface area contributed by atoms with Gasteiger partial charge in [-0.2, -0.15) is 0 Å². The predicted octanol–water partition coefficient (Wildman–Crippen LogP) is 2.64. The summed E-state index contributed by atoms with van der Waals surface area (Å²) in [5.74, 6) is -2.04. The first-order chi connectivity index (χ1) is 9.88. The lowest BCUT2D eigenvalue weighted by molar-refractivity contribution is 0.0992. The molecular weight excluding hydrogens is 341 g/mol. The van der Waals surface area contributed by atoms with Crippen LogP contribution >= 0.6 is 15.9 Å². The molecule has 0 aliphatic heterocycles. The summed E-state index contributed by atoms with van der Waals surface area (Å²) in [5.41, 5.74) is 6.12. The van der Waals surface area contributed by atoms with E-state index in [9.17, 15) is 14.0 Å². The summed E-state index contributed by atoms with van der Waals surface area (Å²) < 4.78 is 13.9. The number of aromatic nitrogens is 1. The lowest BCUT2D eigenvalue weighted by Gasteiger charge is -2.08. The van der Waals surface area contributed by atoms with E-state index in [1.807, 2.05) is 0 Å². The van der Waals surface area contributed by atoms with E-state index >= 15 is 0 Å². The summed E-state index contributed by atoms with van der Waals surface area (Å²) in [6, 6.07) is 5.22. The first-order valence-corrected chi connectivity index (χ1v) is 6.70. The topological polar surface area (TPSA) is 85.1 Å². The predicted molar refractivity (Wildman–Crippen MR) is 79.5 cm³/mol. The molecule has 0 atom stereocenters. The Kier molecular flexibility index (Phi) is 4.32. The molecule has 0 aliphatic rings. The first-order valence-electron chi connectivity index (χ1n) is 5.91. The van der Waals surface area contributed by atoms with Gasteiger partial charge in [-0.05, 0) is 47.1 Å². The molecule has 2 rings (SSSR count). The standard InChI is InChI=1S/C14H11BrFN3O2/c1-7-4-9(11(15)6-18-7)14(21)19-8-2-3-12(16)10(5-8)13(17)20/h2-6H,1H3,(H2,17,20)(H,19,21). The molecule has 0 saturated carbocycles. The number of primary amides is 1. The Labute approximate surface area is 128 Å².